The van der Waals surface area contributed by atoms with Crippen LogP contribution in [0.25, 0.3) is 0 Å². The minimum absolute atomic E-state index is 0. The average molecular weight is 201 g/mol. The van der Waals surface area contributed by atoms with Crippen LogP contribution >= 0.6 is 12.4 Å². The standard InChI is InChI=1S/C10H16N2.ClH/c1-9-4-5-10(11-8-9)6-7-12(2)3;/h4-5,8H,6-7H2,1-3H3;1H. The van der Waals surface area contributed by atoms with E-state index < -0.39 is 0 Å². The molecule has 13 heavy (non-hydrogen) atoms. The molecule has 74 valence electrons. The molecule has 0 saturated carbocycles. The van der Waals surface area contributed by atoms with Crippen LogP contribution in [0.4, 0.5) is 0 Å². The molecule has 2 nitrogen and oxygen atoms in total. The Bertz CT molecular complexity index is 231. The van der Waals surface area contributed by atoms with Gasteiger partial charge in [0.2, 0.25) is 0 Å². The zero-order valence-corrected chi connectivity index (χ0v) is 9.27. The van der Waals surface area contributed by atoms with E-state index in [1.54, 1.807) is 0 Å². The molecule has 0 aromatic carbocycles. The maximum absolute atomic E-state index is 4.32. The summed E-state index contributed by atoms with van der Waals surface area (Å²) in [7, 11) is 4.16. The first-order valence-electron chi connectivity index (χ1n) is 4.25. The third kappa shape index (κ3) is 4.86. The molecule has 0 aliphatic rings. The summed E-state index contributed by atoms with van der Waals surface area (Å²) in [6.07, 6.45) is 2.96. The van der Waals surface area contributed by atoms with Crippen LogP contribution in [0.5, 0.6) is 0 Å². The summed E-state index contributed by atoms with van der Waals surface area (Å²) in [5.41, 5.74) is 2.40. The molecule has 0 N–H and O–H groups in total. The Kier molecular flexibility index (Phi) is 5.67. The molecule has 3 heteroatoms. The van der Waals surface area contributed by atoms with Crippen molar-refractivity contribution in [3.63, 3.8) is 0 Å². The van der Waals surface area contributed by atoms with Crippen molar-refractivity contribution in [2.45, 2.75) is 13.3 Å². The topological polar surface area (TPSA) is 16.1 Å². The van der Waals surface area contributed by atoms with Gasteiger partial charge in [-0.25, -0.2) is 0 Å². The Hall–Kier alpha value is -0.600. The van der Waals surface area contributed by atoms with E-state index in [1.165, 1.54) is 11.3 Å². The summed E-state index contributed by atoms with van der Waals surface area (Å²) in [5.74, 6) is 0. The highest BCUT2D eigenvalue weighted by molar-refractivity contribution is 5.85. The number of halogens is 1. The lowest BCUT2D eigenvalue weighted by Gasteiger charge is -2.08. The quantitative estimate of drug-likeness (QED) is 0.741. The molecule has 0 aliphatic carbocycles. The van der Waals surface area contributed by atoms with Gasteiger partial charge in [-0.15, -0.1) is 12.4 Å². The predicted molar refractivity (Wildman–Crippen MR) is 58.5 cm³/mol. The van der Waals surface area contributed by atoms with E-state index in [0.717, 1.165) is 13.0 Å². The molecule has 0 fully saturated rings. The van der Waals surface area contributed by atoms with Crippen molar-refractivity contribution in [1.29, 1.82) is 0 Å². The number of likely N-dealkylation sites (N-methyl/N-ethyl adjacent to an activating group) is 1. The van der Waals surface area contributed by atoms with Crippen LogP contribution in [0.15, 0.2) is 18.3 Å². The maximum atomic E-state index is 4.32. The van der Waals surface area contributed by atoms with Crippen molar-refractivity contribution < 1.29 is 0 Å². The van der Waals surface area contributed by atoms with Crippen LogP contribution in [0.2, 0.25) is 0 Å². The van der Waals surface area contributed by atoms with Gasteiger partial charge in [-0.2, -0.15) is 0 Å². The minimum atomic E-state index is 0. The molecule has 0 saturated heterocycles. The molecule has 1 heterocycles. The highest BCUT2D eigenvalue weighted by atomic mass is 35.5. The average Bonchev–Trinajstić information content (AvgIpc) is 2.03. The number of hydrogen-bond donors (Lipinski definition) is 0. The number of aryl methyl sites for hydroxylation is 1. The first-order valence-corrected chi connectivity index (χ1v) is 4.25. The Balaban J connectivity index is 0.00000144. The van der Waals surface area contributed by atoms with E-state index in [-0.39, 0.29) is 12.4 Å². The normalized spacial score (nSPS) is 9.85. The van der Waals surface area contributed by atoms with Gasteiger partial charge in [-0.3, -0.25) is 4.98 Å². The van der Waals surface area contributed by atoms with Crippen LogP contribution in [0, 0.1) is 6.92 Å². The Morgan fingerprint density at radius 2 is 2.00 bits per heavy atom. The van der Waals surface area contributed by atoms with Gasteiger partial charge in [0.15, 0.2) is 0 Å². The monoisotopic (exact) mass is 200 g/mol. The van der Waals surface area contributed by atoms with Crippen LogP contribution in [0.3, 0.4) is 0 Å². The van der Waals surface area contributed by atoms with Crippen molar-refractivity contribution in [1.82, 2.24) is 9.88 Å². The smallest absolute Gasteiger partial charge is 0.0416 e. The molecule has 0 aliphatic heterocycles. The van der Waals surface area contributed by atoms with E-state index in [0.29, 0.717) is 0 Å². The number of nitrogens with zero attached hydrogens (tertiary/aromatic N) is 2. The Morgan fingerprint density at radius 3 is 2.46 bits per heavy atom. The van der Waals surface area contributed by atoms with Crippen LogP contribution in [0.1, 0.15) is 11.3 Å². The first-order chi connectivity index (χ1) is 5.68. The van der Waals surface area contributed by atoms with E-state index in [4.69, 9.17) is 0 Å². The van der Waals surface area contributed by atoms with Crippen molar-refractivity contribution in [2.75, 3.05) is 20.6 Å². The fraction of sp³-hybridized carbons (Fsp3) is 0.500. The Morgan fingerprint density at radius 1 is 1.31 bits per heavy atom. The van der Waals surface area contributed by atoms with E-state index >= 15 is 0 Å². The van der Waals surface area contributed by atoms with Crippen LogP contribution in [-0.2, 0) is 6.42 Å². The summed E-state index contributed by atoms with van der Waals surface area (Å²) in [6, 6.07) is 4.21. The van der Waals surface area contributed by atoms with Gasteiger partial charge in [0.05, 0.1) is 0 Å². The molecule has 1 rings (SSSR count). The highest BCUT2D eigenvalue weighted by Gasteiger charge is 1.94. The van der Waals surface area contributed by atoms with E-state index in [1.807, 2.05) is 6.20 Å². The second-order valence-corrected chi connectivity index (χ2v) is 3.38. The van der Waals surface area contributed by atoms with Crippen molar-refractivity contribution in [2.24, 2.45) is 0 Å². The molecule has 0 spiro atoms. The number of rotatable bonds is 3. The highest BCUT2D eigenvalue weighted by Crippen LogP contribution is 1.99. The zero-order valence-electron chi connectivity index (χ0n) is 8.45. The van der Waals surface area contributed by atoms with Gasteiger partial charge in [-0.05, 0) is 32.6 Å². The predicted octanol–water partition coefficient (Wildman–Crippen LogP) is 1.92. The fourth-order valence-corrected chi connectivity index (χ4v) is 0.984. The second kappa shape index (κ2) is 5.95. The third-order valence-corrected chi connectivity index (χ3v) is 1.79. The van der Waals surface area contributed by atoms with Crippen molar-refractivity contribution in [3.05, 3.63) is 29.6 Å². The van der Waals surface area contributed by atoms with Crippen LogP contribution in [-0.4, -0.2) is 30.5 Å². The largest absolute Gasteiger partial charge is 0.309 e. The zero-order chi connectivity index (χ0) is 8.97. The van der Waals surface area contributed by atoms with Gasteiger partial charge in [0.1, 0.15) is 0 Å². The van der Waals surface area contributed by atoms with Gasteiger partial charge < -0.3 is 4.90 Å². The molecule has 0 radical (unpaired) electrons. The summed E-state index contributed by atoms with van der Waals surface area (Å²) in [5, 5.41) is 0. The summed E-state index contributed by atoms with van der Waals surface area (Å²) >= 11 is 0. The summed E-state index contributed by atoms with van der Waals surface area (Å²) < 4.78 is 0. The lowest BCUT2D eigenvalue weighted by Crippen LogP contribution is -2.15. The van der Waals surface area contributed by atoms with E-state index in [2.05, 4.69) is 43.0 Å². The number of aromatic nitrogens is 1. The Labute approximate surface area is 86.4 Å². The minimum Gasteiger partial charge on any atom is -0.309 e. The molecule has 0 amide bonds. The number of pyridine rings is 1. The lowest BCUT2D eigenvalue weighted by molar-refractivity contribution is 0.412. The molecule has 1 aromatic heterocycles. The molecule has 0 unspecified atom stereocenters. The SMILES string of the molecule is Cc1ccc(CCN(C)C)nc1.Cl. The van der Waals surface area contributed by atoms with Crippen molar-refractivity contribution >= 4 is 12.4 Å². The molecule has 1 aromatic rings. The van der Waals surface area contributed by atoms with Gasteiger partial charge in [-0.1, -0.05) is 6.07 Å². The maximum Gasteiger partial charge on any atom is 0.0416 e. The van der Waals surface area contributed by atoms with Gasteiger partial charge in [0.25, 0.3) is 0 Å². The van der Waals surface area contributed by atoms with E-state index in [9.17, 15) is 0 Å². The number of hydrogen-bond acceptors (Lipinski definition) is 2. The van der Waals surface area contributed by atoms with Crippen molar-refractivity contribution in [3.8, 4) is 0 Å². The molecule has 0 bridgehead atoms. The first kappa shape index (κ1) is 12.4. The van der Waals surface area contributed by atoms with Gasteiger partial charge >= 0.3 is 0 Å². The van der Waals surface area contributed by atoms with Crippen LogP contribution < -0.4 is 0 Å². The second-order valence-electron chi connectivity index (χ2n) is 3.38. The summed E-state index contributed by atoms with van der Waals surface area (Å²) in [4.78, 5) is 6.49. The third-order valence-electron chi connectivity index (χ3n) is 1.79. The fourth-order valence-electron chi connectivity index (χ4n) is 0.984. The lowest BCUT2D eigenvalue weighted by atomic mass is 10.2. The summed E-state index contributed by atoms with van der Waals surface area (Å²) in [6.45, 7) is 3.12. The molecular weight excluding hydrogens is 184 g/mol. The molecule has 0 atom stereocenters. The van der Waals surface area contributed by atoms with Gasteiger partial charge in [0, 0.05) is 24.9 Å². The molecular formula is C10H17ClN2.